The number of nitrogens with two attached hydrogens (primary N) is 2. The number of rotatable bonds is 15. The summed E-state index contributed by atoms with van der Waals surface area (Å²) in [6.45, 7) is 1.26. The van der Waals surface area contributed by atoms with E-state index in [0.29, 0.717) is 32.2 Å². The SMILES string of the molecule is CC(CN(C(CO)CCCCNC(=O)[CH]Cc1ccc2ccccc2c1)S(=O)(=O)c1ccc(N)c(Cl)c1)C(N)=O. The lowest BCUT2D eigenvalue weighted by molar-refractivity contribution is -0.121. The molecule has 0 aliphatic rings. The number of sulfonamides is 1. The van der Waals surface area contributed by atoms with E-state index in [1.54, 1.807) is 6.42 Å². The van der Waals surface area contributed by atoms with E-state index in [9.17, 15) is 23.1 Å². The zero-order chi connectivity index (χ0) is 29.3. The molecule has 0 spiro atoms. The Bertz CT molecular complexity index is 1430. The molecule has 0 saturated heterocycles. The van der Waals surface area contributed by atoms with E-state index in [1.165, 1.54) is 25.1 Å². The smallest absolute Gasteiger partial charge is 0.243 e. The van der Waals surface area contributed by atoms with Gasteiger partial charge in [-0.25, -0.2) is 8.42 Å². The van der Waals surface area contributed by atoms with Crippen LogP contribution >= 0.6 is 11.6 Å². The molecule has 2 unspecified atom stereocenters. The van der Waals surface area contributed by atoms with Gasteiger partial charge in [-0.05, 0) is 53.8 Å². The fourth-order valence-corrected chi connectivity index (χ4v) is 6.31. The lowest BCUT2D eigenvalue weighted by Crippen LogP contribution is -2.46. The van der Waals surface area contributed by atoms with Crippen LogP contribution in [0.25, 0.3) is 10.8 Å². The second kappa shape index (κ2) is 14.5. The van der Waals surface area contributed by atoms with Crippen molar-refractivity contribution in [2.45, 2.75) is 43.5 Å². The molecule has 3 aromatic carbocycles. The van der Waals surface area contributed by atoms with Gasteiger partial charge in [-0.2, -0.15) is 4.31 Å². The van der Waals surface area contributed by atoms with Gasteiger partial charge in [0.15, 0.2) is 0 Å². The second-order valence-corrected chi connectivity index (χ2v) is 12.1. The Morgan fingerprint density at radius 2 is 1.80 bits per heavy atom. The number of nitrogen functional groups attached to an aromatic ring is 1. The van der Waals surface area contributed by atoms with Crippen molar-refractivity contribution in [3.8, 4) is 0 Å². The number of amides is 2. The maximum absolute atomic E-state index is 13.5. The predicted molar refractivity (Wildman–Crippen MR) is 158 cm³/mol. The first-order valence-corrected chi connectivity index (χ1v) is 14.9. The number of carbonyl (C=O) groups excluding carboxylic acids is 2. The average Bonchev–Trinajstić information content (AvgIpc) is 2.93. The van der Waals surface area contributed by atoms with E-state index < -0.39 is 34.5 Å². The summed E-state index contributed by atoms with van der Waals surface area (Å²) in [6.07, 6.45) is 3.50. The summed E-state index contributed by atoms with van der Waals surface area (Å²) in [5.74, 6) is -1.63. The number of hydrogen-bond donors (Lipinski definition) is 4. The summed E-state index contributed by atoms with van der Waals surface area (Å²) in [5, 5.41) is 15.3. The van der Waals surface area contributed by atoms with Gasteiger partial charge >= 0.3 is 0 Å². The van der Waals surface area contributed by atoms with Crippen molar-refractivity contribution >= 4 is 49.9 Å². The molecule has 9 nitrogen and oxygen atoms in total. The number of nitrogens with one attached hydrogen (secondary N) is 1. The summed E-state index contributed by atoms with van der Waals surface area (Å²) < 4.78 is 28.1. The number of halogens is 1. The number of benzene rings is 3. The molecule has 40 heavy (non-hydrogen) atoms. The van der Waals surface area contributed by atoms with E-state index in [-0.39, 0.29) is 28.1 Å². The number of anilines is 1. The monoisotopic (exact) mass is 587 g/mol. The molecule has 6 N–H and O–H groups in total. The third-order valence-electron chi connectivity index (χ3n) is 6.74. The topological polar surface area (TPSA) is 156 Å². The van der Waals surface area contributed by atoms with Crippen molar-refractivity contribution < 1.29 is 23.1 Å². The number of hydrogen-bond acceptors (Lipinski definition) is 6. The molecule has 215 valence electrons. The van der Waals surface area contributed by atoms with Crippen molar-refractivity contribution in [2.75, 3.05) is 25.4 Å². The number of aliphatic hydroxyl groups is 1. The van der Waals surface area contributed by atoms with Gasteiger partial charge in [-0.1, -0.05) is 67.4 Å². The minimum Gasteiger partial charge on any atom is -0.398 e. The van der Waals surface area contributed by atoms with Gasteiger partial charge in [0.1, 0.15) is 0 Å². The van der Waals surface area contributed by atoms with Gasteiger partial charge in [0.2, 0.25) is 21.8 Å². The minimum absolute atomic E-state index is 0.0812. The summed E-state index contributed by atoms with van der Waals surface area (Å²) in [5.41, 5.74) is 12.4. The van der Waals surface area contributed by atoms with Crippen molar-refractivity contribution in [1.29, 1.82) is 0 Å². The maximum atomic E-state index is 13.5. The highest BCUT2D eigenvalue weighted by molar-refractivity contribution is 7.89. The number of aliphatic hydroxyl groups excluding tert-OH is 1. The van der Waals surface area contributed by atoms with Gasteiger partial charge < -0.3 is 21.9 Å². The minimum atomic E-state index is -4.13. The van der Waals surface area contributed by atoms with Gasteiger partial charge in [0, 0.05) is 25.0 Å². The number of nitrogens with zero attached hydrogens (tertiary/aromatic N) is 1. The highest BCUT2D eigenvalue weighted by Gasteiger charge is 2.33. The summed E-state index contributed by atoms with van der Waals surface area (Å²) >= 11 is 6.05. The molecule has 11 heteroatoms. The molecule has 0 aliphatic carbocycles. The van der Waals surface area contributed by atoms with Crippen LogP contribution in [0.5, 0.6) is 0 Å². The molecule has 0 bridgehead atoms. The van der Waals surface area contributed by atoms with E-state index in [1.807, 2.05) is 36.4 Å². The molecule has 0 heterocycles. The molecule has 3 aromatic rings. The fourth-order valence-electron chi connectivity index (χ4n) is 4.30. The van der Waals surface area contributed by atoms with Crippen LogP contribution in [-0.4, -0.2) is 55.4 Å². The fraction of sp³-hybridized carbons (Fsp3) is 0.345. The van der Waals surface area contributed by atoms with Gasteiger partial charge in [0.25, 0.3) is 0 Å². The normalized spacial score (nSPS) is 13.3. The predicted octanol–water partition coefficient (Wildman–Crippen LogP) is 3.28. The number of carbonyl (C=O) groups is 2. The quantitative estimate of drug-likeness (QED) is 0.158. The Labute approximate surface area is 240 Å². The number of primary amides is 1. The highest BCUT2D eigenvalue weighted by Crippen LogP contribution is 2.27. The van der Waals surface area contributed by atoms with Crippen LogP contribution in [0.1, 0.15) is 31.7 Å². The van der Waals surface area contributed by atoms with Crippen LogP contribution in [0, 0.1) is 12.3 Å². The Morgan fingerprint density at radius 1 is 1.07 bits per heavy atom. The first-order valence-electron chi connectivity index (χ1n) is 13.1. The number of unbranched alkanes of at least 4 members (excludes halogenated alkanes) is 1. The van der Waals surface area contributed by atoms with Crippen LogP contribution in [0.4, 0.5) is 5.69 Å². The van der Waals surface area contributed by atoms with Crippen LogP contribution in [-0.2, 0) is 26.0 Å². The maximum Gasteiger partial charge on any atom is 0.243 e. The lowest BCUT2D eigenvalue weighted by Gasteiger charge is -2.31. The van der Waals surface area contributed by atoms with Crippen LogP contribution in [0.2, 0.25) is 5.02 Å². The van der Waals surface area contributed by atoms with Gasteiger partial charge in [-0.15, -0.1) is 0 Å². The Balaban J connectivity index is 1.54. The van der Waals surface area contributed by atoms with Crippen LogP contribution in [0.3, 0.4) is 0 Å². The average molecular weight is 588 g/mol. The second-order valence-electron chi connectivity index (χ2n) is 9.77. The summed E-state index contributed by atoms with van der Waals surface area (Å²) in [6, 6.07) is 17.3. The molecule has 2 amide bonds. The zero-order valence-electron chi connectivity index (χ0n) is 22.4. The molecular weight excluding hydrogens is 552 g/mol. The first-order chi connectivity index (χ1) is 19.0. The molecular formula is C29H36ClN4O5S. The lowest BCUT2D eigenvalue weighted by atomic mass is 10.0. The third-order valence-corrected chi connectivity index (χ3v) is 8.98. The third kappa shape index (κ3) is 8.41. The molecule has 0 aromatic heterocycles. The standard InChI is InChI=1S/C29H36ClN4O5S/c1-20(29(32)37)18-34(40(38,39)25-12-13-27(31)26(30)17-25)24(19-35)8-4-5-15-33-28(36)14-10-21-9-11-22-6-2-3-7-23(22)16-21/h2-3,6-7,9,11-14,16-17,20,24,35H,4-5,8,10,15,18-19,31H2,1H3,(H2,32,37)(H,33,36). The van der Waals surface area contributed by atoms with E-state index in [4.69, 9.17) is 23.1 Å². The summed E-state index contributed by atoms with van der Waals surface area (Å²) in [4.78, 5) is 23.9. The first kappa shape index (κ1) is 31.3. The van der Waals surface area contributed by atoms with Crippen molar-refractivity contribution in [3.63, 3.8) is 0 Å². The largest absolute Gasteiger partial charge is 0.398 e. The Morgan fingerprint density at radius 3 is 2.48 bits per heavy atom. The molecule has 0 saturated carbocycles. The van der Waals surface area contributed by atoms with Crippen LogP contribution in [0.15, 0.2) is 65.6 Å². The number of fused-ring (bicyclic) bond motifs is 1. The molecule has 3 rings (SSSR count). The zero-order valence-corrected chi connectivity index (χ0v) is 24.0. The van der Waals surface area contributed by atoms with E-state index in [0.717, 1.165) is 20.6 Å². The molecule has 1 radical (unpaired) electrons. The van der Waals surface area contributed by atoms with Crippen LogP contribution < -0.4 is 16.8 Å². The Hall–Kier alpha value is -3.18. The van der Waals surface area contributed by atoms with Gasteiger partial charge in [0.05, 0.1) is 28.6 Å². The van der Waals surface area contributed by atoms with Crippen molar-refractivity contribution in [3.05, 3.63) is 77.7 Å². The highest BCUT2D eigenvalue weighted by atomic mass is 35.5. The van der Waals surface area contributed by atoms with E-state index in [2.05, 4.69) is 11.4 Å². The van der Waals surface area contributed by atoms with Crippen molar-refractivity contribution in [1.82, 2.24) is 9.62 Å². The van der Waals surface area contributed by atoms with E-state index >= 15 is 0 Å². The van der Waals surface area contributed by atoms with Crippen molar-refractivity contribution in [2.24, 2.45) is 11.7 Å². The Kier molecular flexibility index (Phi) is 11.3. The molecule has 0 aliphatic heterocycles. The van der Waals surface area contributed by atoms with Gasteiger partial charge in [-0.3, -0.25) is 9.59 Å². The molecule has 2 atom stereocenters. The summed E-state index contributed by atoms with van der Waals surface area (Å²) in [7, 11) is -4.13. The molecule has 0 fully saturated rings.